The van der Waals surface area contributed by atoms with Gasteiger partial charge >= 0.3 is 0 Å². The van der Waals surface area contributed by atoms with Crippen LogP contribution in [0, 0.1) is 5.92 Å². The van der Waals surface area contributed by atoms with Crippen molar-refractivity contribution in [3.8, 4) is 0 Å². The molecule has 1 unspecified atom stereocenters. The fraction of sp³-hybridized carbons (Fsp3) is 1.00. The summed E-state index contributed by atoms with van der Waals surface area (Å²) in [5.74, 6) is 0.822. The lowest BCUT2D eigenvalue weighted by atomic mass is 10.00. The predicted molar refractivity (Wildman–Crippen MR) is 63.6 cm³/mol. The first-order chi connectivity index (χ1) is 7.84. The minimum Gasteiger partial charge on any atom is -0.381 e. The molecule has 0 amide bonds. The number of nitrogens with one attached hydrogen (secondary N) is 1. The lowest BCUT2D eigenvalue weighted by Crippen LogP contribution is -2.48. The highest BCUT2D eigenvalue weighted by atomic mass is 16.5. The van der Waals surface area contributed by atoms with E-state index in [1.54, 1.807) is 0 Å². The van der Waals surface area contributed by atoms with Gasteiger partial charge in [0.1, 0.15) is 0 Å². The van der Waals surface area contributed by atoms with Crippen LogP contribution in [0.1, 0.15) is 12.8 Å². The molecule has 2 aliphatic rings. The van der Waals surface area contributed by atoms with Crippen molar-refractivity contribution in [2.45, 2.75) is 18.9 Å². The molecular formula is C12H24N2O2. The van der Waals surface area contributed by atoms with E-state index in [1.807, 2.05) is 0 Å². The zero-order valence-electron chi connectivity index (χ0n) is 10.3. The zero-order valence-corrected chi connectivity index (χ0v) is 10.3. The smallest absolute Gasteiger partial charge is 0.0632 e. The third kappa shape index (κ3) is 4.01. The van der Waals surface area contributed by atoms with Crippen LogP contribution in [0.2, 0.25) is 0 Å². The van der Waals surface area contributed by atoms with Crippen molar-refractivity contribution in [2.75, 3.05) is 53.1 Å². The van der Waals surface area contributed by atoms with Gasteiger partial charge in [-0.05, 0) is 25.8 Å². The van der Waals surface area contributed by atoms with Gasteiger partial charge in [0.05, 0.1) is 13.2 Å². The lowest BCUT2D eigenvalue weighted by Gasteiger charge is -2.31. The van der Waals surface area contributed by atoms with Crippen LogP contribution in [0.15, 0.2) is 0 Å². The molecule has 2 heterocycles. The standard InChI is InChI=1S/C12H24N2O2/c1-14(8-11-2-5-15-6-3-11)9-12-10-16-7-4-13-12/h11-13H,2-10H2,1H3. The van der Waals surface area contributed by atoms with Crippen LogP contribution < -0.4 is 5.32 Å². The first-order valence-corrected chi connectivity index (χ1v) is 6.42. The van der Waals surface area contributed by atoms with Crippen LogP contribution in [-0.4, -0.2) is 64.1 Å². The Kier molecular flexibility index (Phi) is 5.03. The van der Waals surface area contributed by atoms with Crippen molar-refractivity contribution in [3.05, 3.63) is 0 Å². The molecule has 1 N–H and O–H groups in total. The minimum atomic E-state index is 0.513. The first-order valence-electron chi connectivity index (χ1n) is 6.42. The van der Waals surface area contributed by atoms with Crippen LogP contribution in [0.25, 0.3) is 0 Å². The van der Waals surface area contributed by atoms with Crippen molar-refractivity contribution >= 4 is 0 Å². The molecule has 4 nitrogen and oxygen atoms in total. The number of rotatable bonds is 4. The van der Waals surface area contributed by atoms with Gasteiger partial charge in [-0.25, -0.2) is 0 Å². The summed E-state index contributed by atoms with van der Waals surface area (Å²) in [5, 5.41) is 3.50. The van der Waals surface area contributed by atoms with Crippen molar-refractivity contribution in [3.63, 3.8) is 0 Å². The molecule has 2 rings (SSSR count). The third-order valence-electron chi connectivity index (χ3n) is 3.44. The summed E-state index contributed by atoms with van der Waals surface area (Å²) >= 11 is 0. The topological polar surface area (TPSA) is 33.7 Å². The number of hydrogen-bond donors (Lipinski definition) is 1. The Morgan fingerprint density at radius 3 is 2.62 bits per heavy atom. The summed E-state index contributed by atoms with van der Waals surface area (Å²) in [4.78, 5) is 2.43. The summed E-state index contributed by atoms with van der Waals surface area (Å²) in [7, 11) is 2.21. The van der Waals surface area contributed by atoms with E-state index in [0.717, 1.165) is 45.4 Å². The van der Waals surface area contributed by atoms with Crippen molar-refractivity contribution in [2.24, 2.45) is 5.92 Å². The highest BCUT2D eigenvalue weighted by Gasteiger charge is 2.19. The molecule has 16 heavy (non-hydrogen) atoms. The van der Waals surface area contributed by atoms with Gasteiger partial charge in [-0.3, -0.25) is 0 Å². The van der Waals surface area contributed by atoms with E-state index in [2.05, 4.69) is 17.3 Å². The molecule has 0 aromatic rings. The molecule has 4 heteroatoms. The van der Waals surface area contributed by atoms with E-state index in [0.29, 0.717) is 6.04 Å². The van der Waals surface area contributed by atoms with Crippen molar-refractivity contribution < 1.29 is 9.47 Å². The molecule has 1 atom stereocenters. The van der Waals surface area contributed by atoms with Gasteiger partial charge in [-0.15, -0.1) is 0 Å². The number of nitrogens with zero attached hydrogens (tertiary/aromatic N) is 1. The molecule has 2 fully saturated rings. The minimum absolute atomic E-state index is 0.513. The molecule has 0 spiro atoms. The maximum absolute atomic E-state index is 5.46. The van der Waals surface area contributed by atoms with Gasteiger partial charge in [0.2, 0.25) is 0 Å². The normalized spacial score (nSPS) is 28.5. The van der Waals surface area contributed by atoms with E-state index in [9.17, 15) is 0 Å². The molecule has 0 bridgehead atoms. The quantitative estimate of drug-likeness (QED) is 0.752. The Morgan fingerprint density at radius 1 is 1.12 bits per heavy atom. The third-order valence-corrected chi connectivity index (χ3v) is 3.44. The van der Waals surface area contributed by atoms with Crippen LogP contribution in [0.5, 0.6) is 0 Å². The van der Waals surface area contributed by atoms with Crippen LogP contribution in [-0.2, 0) is 9.47 Å². The van der Waals surface area contributed by atoms with Gasteiger partial charge in [0, 0.05) is 38.9 Å². The summed E-state index contributed by atoms with van der Waals surface area (Å²) < 4.78 is 10.8. The van der Waals surface area contributed by atoms with E-state index in [4.69, 9.17) is 9.47 Å². The summed E-state index contributed by atoms with van der Waals surface area (Å²) in [6.45, 7) is 6.90. The molecule has 0 saturated carbocycles. The second-order valence-electron chi connectivity index (χ2n) is 5.00. The monoisotopic (exact) mass is 228 g/mol. The Morgan fingerprint density at radius 2 is 1.94 bits per heavy atom. The van der Waals surface area contributed by atoms with Crippen molar-refractivity contribution in [1.82, 2.24) is 10.2 Å². The van der Waals surface area contributed by atoms with E-state index < -0.39 is 0 Å². The van der Waals surface area contributed by atoms with Gasteiger partial charge in [-0.2, -0.15) is 0 Å². The van der Waals surface area contributed by atoms with Crippen LogP contribution in [0.3, 0.4) is 0 Å². The maximum Gasteiger partial charge on any atom is 0.0632 e. The molecule has 2 saturated heterocycles. The molecule has 0 aromatic heterocycles. The largest absolute Gasteiger partial charge is 0.381 e. The molecular weight excluding hydrogens is 204 g/mol. The van der Waals surface area contributed by atoms with Gasteiger partial charge in [0.15, 0.2) is 0 Å². The van der Waals surface area contributed by atoms with Gasteiger partial charge in [0.25, 0.3) is 0 Å². The molecule has 2 aliphatic heterocycles. The SMILES string of the molecule is CN(CC1CCOCC1)CC1COCCN1. The summed E-state index contributed by atoms with van der Waals surface area (Å²) in [6, 6.07) is 0.513. The fourth-order valence-corrected chi connectivity index (χ4v) is 2.56. The highest BCUT2D eigenvalue weighted by Crippen LogP contribution is 2.15. The molecule has 0 aromatic carbocycles. The maximum atomic E-state index is 5.46. The van der Waals surface area contributed by atoms with E-state index in [-0.39, 0.29) is 0 Å². The van der Waals surface area contributed by atoms with Crippen molar-refractivity contribution in [1.29, 1.82) is 0 Å². The number of hydrogen-bond acceptors (Lipinski definition) is 4. The van der Waals surface area contributed by atoms with Crippen LogP contribution in [0.4, 0.5) is 0 Å². The first kappa shape index (κ1) is 12.3. The Bertz CT molecular complexity index is 169. The fourth-order valence-electron chi connectivity index (χ4n) is 2.56. The zero-order chi connectivity index (χ0) is 11.2. The number of morpholine rings is 1. The average molecular weight is 228 g/mol. The number of likely N-dealkylation sites (N-methyl/N-ethyl adjacent to an activating group) is 1. The Labute approximate surface area is 98.3 Å². The average Bonchev–Trinajstić information content (AvgIpc) is 2.31. The Balaban J connectivity index is 1.64. The summed E-state index contributed by atoms with van der Waals surface area (Å²) in [5.41, 5.74) is 0. The predicted octanol–water partition coefficient (Wildman–Crippen LogP) is 0.333. The molecule has 94 valence electrons. The molecule has 0 aliphatic carbocycles. The van der Waals surface area contributed by atoms with Crippen LogP contribution >= 0.6 is 0 Å². The number of ether oxygens (including phenoxy) is 2. The Hall–Kier alpha value is -0.160. The van der Waals surface area contributed by atoms with E-state index >= 15 is 0 Å². The highest BCUT2D eigenvalue weighted by molar-refractivity contribution is 4.75. The van der Waals surface area contributed by atoms with Gasteiger partial charge in [-0.1, -0.05) is 0 Å². The lowest BCUT2D eigenvalue weighted by molar-refractivity contribution is 0.0433. The summed E-state index contributed by atoms with van der Waals surface area (Å²) in [6.07, 6.45) is 2.44. The van der Waals surface area contributed by atoms with Gasteiger partial charge < -0.3 is 19.7 Å². The van der Waals surface area contributed by atoms with E-state index in [1.165, 1.54) is 19.4 Å². The molecule has 0 radical (unpaired) electrons. The second-order valence-corrected chi connectivity index (χ2v) is 5.00. The second kappa shape index (κ2) is 6.55.